The Kier molecular flexibility index (Phi) is 7.56. The third kappa shape index (κ3) is 5.84. The van der Waals surface area contributed by atoms with E-state index in [0.717, 1.165) is 24.3 Å². The molecule has 7 nitrogen and oxygen atoms in total. The molecule has 2 aromatic carbocycles. The van der Waals surface area contributed by atoms with Gasteiger partial charge in [-0.3, -0.25) is 4.79 Å². The van der Waals surface area contributed by atoms with Crippen LogP contribution in [0.4, 0.5) is 5.69 Å². The van der Waals surface area contributed by atoms with Gasteiger partial charge >= 0.3 is 0 Å². The molecule has 0 radical (unpaired) electrons. The van der Waals surface area contributed by atoms with Crippen molar-refractivity contribution in [3.63, 3.8) is 0 Å². The van der Waals surface area contributed by atoms with Crippen LogP contribution in [0.5, 0.6) is 5.75 Å². The standard InChI is InChI=1S/C21H25N3O4/c1-4-24(5-2)18-10-6-17(7-11-18)21(27)23-22-15(3)16-8-12-19(13-9-16)28-14-20(25)26/h6-13H,4-5,14H2,1-3H3,(H,23,27)(H,25,26)/p-1/b22-15-. The molecule has 0 saturated heterocycles. The lowest BCUT2D eigenvalue weighted by Crippen LogP contribution is -2.28. The monoisotopic (exact) mass is 382 g/mol. The summed E-state index contributed by atoms with van der Waals surface area (Å²) in [6, 6.07) is 14.1. The fourth-order valence-electron chi connectivity index (χ4n) is 2.61. The van der Waals surface area contributed by atoms with Gasteiger partial charge in [-0.1, -0.05) is 0 Å². The van der Waals surface area contributed by atoms with Crippen LogP contribution in [0.1, 0.15) is 36.7 Å². The van der Waals surface area contributed by atoms with E-state index in [-0.39, 0.29) is 5.91 Å². The number of ether oxygens (including phenoxy) is 1. The normalized spacial score (nSPS) is 11.0. The largest absolute Gasteiger partial charge is 0.546 e. The summed E-state index contributed by atoms with van der Waals surface area (Å²) >= 11 is 0. The van der Waals surface area contributed by atoms with Crippen molar-refractivity contribution in [1.29, 1.82) is 0 Å². The summed E-state index contributed by atoms with van der Waals surface area (Å²) in [4.78, 5) is 24.9. The number of carbonyl (C=O) groups is 2. The zero-order chi connectivity index (χ0) is 20.5. The Balaban J connectivity index is 1.98. The first kappa shape index (κ1) is 21.0. The van der Waals surface area contributed by atoms with Gasteiger partial charge in [0.25, 0.3) is 5.91 Å². The molecule has 1 amide bonds. The molecular weight excluding hydrogens is 358 g/mol. The van der Waals surface area contributed by atoms with Crippen LogP contribution < -0.4 is 20.2 Å². The minimum Gasteiger partial charge on any atom is -0.546 e. The lowest BCUT2D eigenvalue weighted by atomic mass is 10.1. The molecule has 0 aromatic heterocycles. The number of benzene rings is 2. The second-order valence-electron chi connectivity index (χ2n) is 6.04. The molecule has 7 heteroatoms. The van der Waals surface area contributed by atoms with Gasteiger partial charge in [0.15, 0.2) is 0 Å². The van der Waals surface area contributed by atoms with Gasteiger partial charge in [0, 0.05) is 24.3 Å². The molecule has 0 fully saturated rings. The number of rotatable bonds is 9. The Morgan fingerprint density at radius 3 is 2.11 bits per heavy atom. The van der Waals surface area contributed by atoms with Gasteiger partial charge in [0.05, 0.1) is 11.7 Å². The number of carboxylic acids is 1. The van der Waals surface area contributed by atoms with E-state index in [1.807, 2.05) is 12.1 Å². The van der Waals surface area contributed by atoms with Crippen LogP contribution in [-0.4, -0.2) is 37.3 Å². The average Bonchev–Trinajstić information content (AvgIpc) is 2.72. The number of nitrogens with one attached hydrogen (secondary N) is 1. The lowest BCUT2D eigenvalue weighted by molar-refractivity contribution is -0.307. The lowest BCUT2D eigenvalue weighted by Gasteiger charge is -2.20. The predicted octanol–water partition coefficient (Wildman–Crippen LogP) is 1.82. The Morgan fingerprint density at radius 1 is 1.00 bits per heavy atom. The molecule has 0 aliphatic heterocycles. The van der Waals surface area contributed by atoms with E-state index in [9.17, 15) is 14.7 Å². The van der Waals surface area contributed by atoms with Gasteiger partial charge in [0.2, 0.25) is 0 Å². The maximum atomic E-state index is 12.3. The molecular formula is C21H24N3O4-. The van der Waals surface area contributed by atoms with E-state index < -0.39 is 12.6 Å². The Hall–Kier alpha value is -3.35. The van der Waals surface area contributed by atoms with E-state index >= 15 is 0 Å². The molecule has 2 rings (SSSR count). The van der Waals surface area contributed by atoms with Crippen LogP contribution in [0.25, 0.3) is 0 Å². The predicted molar refractivity (Wildman–Crippen MR) is 107 cm³/mol. The smallest absolute Gasteiger partial charge is 0.271 e. The van der Waals surface area contributed by atoms with Crippen molar-refractivity contribution in [2.24, 2.45) is 5.10 Å². The quantitative estimate of drug-likeness (QED) is 0.527. The van der Waals surface area contributed by atoms with E-state index in [1.54, 1.807) is 43.3 Å². The van der Waals surface area contributed by atoms with E-state index in [0.29, 0.717) is 17.0 Å². The first-order chi connectivity index (χ1) is 13.4. The highest BCUT2D eigenvalue weighted by atomic mass is 16.5. The maximum absolute atomic E-state index is 12.3. The number of nitrogens with zero attached hydrogens (tertiary/aromatic N) is 2. The van der Waals surface area contributed by atoms with Crippen LogP contribution in [-0.2, 0) is 4.79 Å². The topological polar surface area (TPSA) is 94.1 Å². The molecule has 0 atom stereocenters. The summed E-state index contributed by atoms with van der Waals surface area (Å²) in [6.07, 6.45) is 0. The molecule has 0 bridgehead atoms. The van der Waals surface area contributed by atoms with Gasteiger partial charge < -0.3 is 19.5 Å². The molecule has 0 saturated carbocycles. The van der Waals surface area contributed by atoms with Crippen molar-refractivity contribution in [2.75, 3.05) is 24.6 Å². The Bertz CT molecular complexity index is 826. The number of carbonyl (C=O) groups excluding carboxylic acids is 2. The molecule has 0 spiro atoms. The highest BCUT2D eigenvalue weighted by Crippen LogP contribution is 2.15. The van der Waals surface area contributed by atoms with Crippen molar-refractivity contribution in [3.8, 4) is 5.75 Å². The van der Waals surface area contributed by atoms with Crippen LogP contribution in [0, 0.1) is 0 Å². The van der Waals surface area contributed by atoms with E-state index in [2.05, 4.69) is 29.3 Å². The number of aliphatic carboxylic acids is 1. The van der Waals surface area contributed by atoms with Crippen LogP contribution in [0.2, 0.25) is 0 Å². The third-order valence-electron chi connectivity index (χ3n) is 4.21. The second kappa shape index (κ2) is 10.1. The molecule has 0 heterocycles. The van der Waals surface area contributed by atoms with E-state index in [1.165, 1.54) is 0 Å². The summed E-state index contributed by atoms with van der Waals surface area (Å²) < 4.78 is 5.03. The highest BCUT2D eigenvalue weighted by Gasteiger charge is 2.07. The second-order valence-corrected chi connectivity index (χ2v) is 6.04. The van der Waals surface area contributed by atoms with Crippen molar-refractivity contribution in [3.05, 3.63) is 59.7 Å². The summed E-state index contributed by atoms with van der Waals surface area (Å²) in [5, 5.41) is 14.5. The van der Waals surface area contributed by atoms with Gasteiger partial charge in [-0.2, -0.15) is 5.10 Å². The van der Waals surface area contributed by atoms with Crippen LogP contribution in [0.15, 0.2) is 53.6 Å². The number of hydrazone groups is 1. The SMILES string of the molecule is CCN(CC)c1ccc(C(=O)N/N=C(/C)c2ccc(OCC(=O)[O-])cc2)cc1. The maximum Gasteiger partial charge on any atom is 0.271 e. The molecule has 28 heavy (non-hydrogen) atoms. The third-order valence-corrected chi connectivity index (χ3v) is 4.21. The van der Waals surface area contributed by atoms with E-state index in [4.69, 9.17) is 4.74 Å². The molecule has 1 N–H and O–H groups in total. The zero-order valence-electron chi connectivity index (χ0n) is 16.3. The van der Waals surface area contributed by atoms with Gasteiger partial charge in [0.1, 0.15) is 12.4 Å². The summed E-state index contributed by atoms with van der Waals surface area (Å²) in [6.45, 7) is 7.24. The van der Waals surface area contributed by atoms with Crippen LogP contribution >= 0.6 is 0 Å². The average molecular weight is 382 g/mol. The van der Waals surface area contributed by atoms with Crippen molar-refractivity contribution < 1.29 is 19.4 Å². The zero-order valence-corrected chi connectivity index (χ0v) is 16.3. The first-order valence-electron chi connectivity index (χ1n) is 9.07. The summed E-state index contributed by atoms with van der Waals surface area (Å²) in [7, 11) is 0. The van der Waals surface area contributed by atoms with Gasteiger partial charge in [-0.25, -0.2) is 5.43 Å². The van der Waals surface area contributed by atoms with Crippen molar-refractivity contribution in [2.45, 2.75) is 20.8 Å². The van der Waals surface area contributed by atoms with Crippen LogP contribution in [0.3, 0.4) is 0 Å². The van der Waals surface area contributed by atoms with Crippen molar-refractivity contribution in [1.82, 2.24) is 5.43 Å². The Labute approximate surface area is 164 Å². The Morgan fingerprint density at radius 2 is 1.57 bits per heavy atom. The number of hydrogen-bond acceptors (Lipinski definition) is 6. The highest BCUT2D eigenvalue weighted by molar-refractivity contribution is 6.01. The molecule has 2 aromatic rings. The molecule has 0 aliphatic rings. The number of carboxylic acid groups (broad SMARTS) is 1. The number of hydrogen-bond donors (Lipinski definition) is 1. The minimum atomic E-state index is -1.28. The molecule has 148 valence electrons. The number of anilines is 1. The summed E-state index contributed by atoms with van der Waals surface area (Å²) in [5.74, 6) is -1.16. The van der Waals surface area contributed by atoms with Crippen molar-refractivity contribution >= 4 is 23.3 Å². The minimum absolute atomic E-state index is 0.292. The fourth-order valence-corrected chi connectivity index (χ4v) is 2.61. The fraction of sp³-hybridized carbons (Fsp3) is 0.286. The molecule has 0 aliphatic carbocycles. The van der Waals surface area contributed by atoms with Gasteiger partial charge in [-0.05, 0) is 74.9 Å². The summed E-state index contributed by atoms with van der Waals surface area (Å²) in [5.41, 5.74) is 5.53. The van der Waals surface area contributed by atoms with Gasteiger partial charge in [-0.15, -0.1) is 0 Å². The first-order valence-corrected chi connectivity index (χ1v) is 9.07. The number of amides is 1. The molecule has 0 unspecified atom stereocenters.